The van der Waals surface area contributed by atoms with Gasteiger partial charge in [0.1, 0.15) is 11.8 Å². The minimum Gasteiger partial charge on any atom is -0.463 e. The van der Waals surface area contributed by atoms with E-state index < -0.39 is 0 Å². The van der Waals surface area contributed by atoms with Gasteiger partial charge in [0.2, 0.25) is 5.43 Å². The van der Waals surface area contributed by atoms with Gasteiger partial charge in [0.25, 0.3) is 0 Å². The largest absolute Gasteiger partial charge is 0.463 e. The minimum absolute atomic E-state index is 0.0270. The number of hydrazone groups is 1. The first-order valence-electron chi connectivity index (χ1n) is 4.87. The average molecular weight is 326 g/mol. The smallest absolute Gasteiger partial charge is 0.201 e. The molecular weight excluding hydrogens is 318 g/mol. The van der Waals surface area contributed by atoms with Crippen LogP contribution in [0.25, 0.3) is 11.0 Å². The number of fused-ring (bicyclic) bond motifs is 1. The highest BCUT2D eigenvalue weighted by molar-refractivity contribution is 9.10. The maximum absolute atomic E-state index is 12.1. The molecule has 0 bridgehead atoms. The van der Waals surface area contributed by atoms with Gasteiger partial charge in [0, 0.05) is 4.47 Å². The summed E-state index contributed by atoms with van der Waals surface area (Å²) >= 11 is 7.89. The van der Waals surface area contributed by atoms with Crippen LogP contribution in [0.5, 0.6) is 0 Å². The van der Waals surface area contributed by atoms with E-state index in [1.165, 1.54) is 12.5 Å². The first kappa shape index (κ1) is 12.7. The van der Waals surface area contributed by atoms with Crippen molar-refractivity contribution in [1.82, 2.24) is 5.43 Å². The summed E-state index contributed by atoms with van der Waals surface area (Å²) in [5.74, 6) is 0. The molecule has 1 aromatic heterocycles. The van der Waals surface area contributed by atoms with Crippen LogP contribution in [0.3, 0.4) is 0 Å². The van der Waals surface area contributed by atoms with Crippen molar-refractivity contribution in [2.24, 2.45) is 10.8 Å². The SMILES string of the molecule is NC(=S)N/N=C\c1coc2ccc(Br)cc2c1=O. The second kappa shape index (κ2) is 5.28. The van der Waals surface area contributed by atoms with E-state index in [1.807, 2.05) is 0 Å². The number of thiocarbonyl (C=S) groups is 1. The van der Waals surface area contributed by atoms with Gasteiger partial charge in [-0.05, 0) is 30.4 Å². The molecule has 7 heteroatoms. The topological polar surface area (TPSA) is 80.6 Å². The van der Waals surface area contributed by atoms with Crippen molar-refractivity contribution in [3.8, 4) is 0 Å². The van der Waals surface area contributed by atoms with Crippen molar-refractivity contribution in [2.45, 2.75) is 0 Å². The Morgan fingerprint density at radius 3 is 3.06 bits per heavy atom. The summed E-state index contributed by atoms with van der Waals surface area (Å²) in [6.45, 7) is 0. The molecule has 0 unspecified atom stereocenters. The molecule has 2 rings (SSSR count). The molecule has 18 heavy (non-hydrogen) atoms. The minimum atomic E-state index is -0.175. The monoisotopic (exact) mass is 325 g/mol. The molecule has 0 saturated heterocycles. The lowest BCUT2D eigenvalue weighted by Crippen LogP contribution is -2.24. The summed E-state index contributed by atoms with van der Waals surface area (Å²) in [5.41, 5.74) is 8.22. The Hall–Kier alpha value is -1.73. The van der Waals surface area contributed by atoms with E-state index in [1.54, 1.807) is 18.2 Å². The molecule has 2 aromatic rings. The zero-order valence-corrected chi connectivity index (χ0v) is 11.4. The summed E-state index contributed by atoms with van der Waals surface area (Å²) in [4.78, 5) is 12.1. The van der Waals surface area contributed by atoms with E-state index in [0.29, 0.717) is 16.5 Å². The van der Waals surface area contributed by atoms with Crippen molar-refractivity contribution in [3.05, 3.63) is 44.7 Å². The summed E-state index contributed by atoms with van der Waals surface area (Å²) in [6, 6.07) is 5.21. The molecule has 0 spiro atoms. The number of benzene rings is 1. The van der Waals surface area contributed by atoms with Gasteiger partial charge < -0.3 is 10.2 Å². The average Bonchev–Trinajstić information content (AvgIpc) is 2.32. The van der Waals surface area contributed by atoms with E-state index >= 15 is 0 Å². The molecule has 0 saturated carbocycles. The van der Waals surface area contributed by atoms with Crippen LogP contribution in [0.15, 0.2) is 43.2 Å². The number of rotatable bonds is 2. The van der Waals surface area contributed by atoms with Crippen LogP contribution in [-0.4, -0.2) is 11.3 Å². The Labute approximate surface area is 116 Å². The molecule has 0 fully saturated rings. The predicted octanol–water partition coefficient (Wildman–Crippen LogP) is 1.72. The lowest BCUT2D eigenvalue weighted by atomic mass is 10.2. The van der Waals surface area contributed by atoms with E-state index in [-0.39, 0.29) is 10.5 Å². The molecule has 5 nitrogen and oxygen atoms in total. The molecule has 0 aliphatic carbocycles. The van der Waals surface area contributed by atoms with Crippen LogP contribution < -0.4 is 16.6 Å². The molecule has 0 atom stereocenters. The molecule has 0 aliphatic rings. The third-order valence-electron chi connectivity index (χ3n) is 2.14. The van der Waals surface area contributed by atoms with Crippen molar-refractivity contribution in [1.29, 1.82) is 0 Å². The third-order valence-corrected chi connectivity index (χ3v) is 2.72. The number of nitrogens with two attached hydrogens (primary N) is 1. The molecule has 1 heterocycles. The van der Waals surface area contributed by atoms with Crippen molar-refractivity contribution < 1.29 is 4.42 Å². The number of halogens is 1. The van der Waals surface area contributed by atoms with Gasteiger partial charge in [-0.25, -0.2) is 0 Å². The number of hydrogen-bond acceptors (Lipinski definition) is 4. The van der Waals surface area contributed by atoms with Crippen LogP contribution in [0.2, 0.25) is 0 Å². The third kappa shape index (κ3) is 2.74. The second-order valence-corrected chi connectivity index (χ2v) is 4.75. The van der Waals surface area contributed by atoms with Gasteiger partial charge in [-0.3, -0.25) is 10.2 Å². The molecular formula is C11H8BrN3O2S. The standard InChI is InChI=1S/C11H8BrN3O2S/c12-7-1-2-9-8(3-7)10(16)6(5-17-9)4-14-15-11(13)18/h1-5H,(H3,13,15,18)/b14-4-. The van der Waals surface area contributed by atoms with Crippen LogP contribution in [0.1, 0.15) is 5.56 Å². The summed E-state index contributed by atoms with van der Waals surface area (Å²) in [5, 5.41) is 4.22. The van der Waals surface area contributed by atoms with E-state index in [4.69, 9.17) is 10.2 Å². The molecule has 1 aromatic carbocycles. The molecule has 0 amide bonds. The van der Waals surface area contributed by atoms with E-state index in [2.05, 4.69) is 38.7 Å². The van der Waals surface area contributed by atoms with Gasteiger partial charge in [-0.2, -0.15) is 5.10 Å². The Morgan fingerprint density at radius 1 is 1.56 bits per heavy atom. The first-order valence-corrected chi connectivity index (χ1v) is 6.07. The Bertz CT molecular complexity index is 696. The van der Waals surface area contributed by atoms with Gasteiger partial charge in [-0.15, -0.1) is 0 Å². The Balaban J connectivity index is 2.47. The van der Waals surface area contributed by atoms with Gasteiger partial charge in [0.05, 0.1) is 17.2 Å². The lowest BCUT2D eigenvalue weighted by Gasteiger charge is -1.99. The predicted molar refractivity (Wildman–Crippen MR) is 77.7 cm³/mol. The quantitative estimate of drug-likeness (QED) is 0.499. The Kier molecular flexibility index (Phi) is 3.73. The number of nitrogens with zero attached hydrogens (tertiary/aromatic N) is 1. The van der Waals surface area contributed by atoms with Crippen LogP contribution in [-0.2, 0) is 0 Å². The molecule has 0 radical (unpaired) electrons. The van der Waals surface area contributed by atoms with Crippen molar-refractivity contribution in [3.63, 3.8) is 0 Å². The van der Waals surface area contributed by atoms with Crippen molar-refractivity contribution >= 4 is 50.4 Å². The highest BCUT2D eigenvalue weighted by atomic mass is 79.9. The highest BCUT2D eigenvalue weighted by Gasteiger charge is 2.05. The Morgan fingerprint density at radius 2 is 2.33 bits per heavy atom. The first-order chi connectivity index (χ1) is 8.58. The molecule has 0 aliphatic heterocycles. The second-order valence-electron chi connectivity index (χ2n) is 3.39. The van der Waals surface area contributed by atoms with Gasteiger partial charge >= 0.3 is 0 Å². The van der Waals surface area contributed by atoms with Crippen LogP contribution in [0, 0.1) is 0 Å². The number of nitrogens with one attached hydrogen (secondary N) is 1. The maximum atomic E-state index is 12.1. The maximum Gasteiger partial charge on any atom is 0.201 e. The molecule has 92 valence electrons. The van der Waals surface area contributed by atoms with Gasteiger partial charge in [0.15, 0.2) is 5.11 Å². The van der Waals surface area contributed by atoms with Crippen LogP contribution >= 0.6 is 28.1 Å². The lowest BCUT2D eigenvalue weighted by molar-refractivity contribution is 0.601. The van der Waals surface area contributed by atoms with Gasteiger partial charge in [-0.1, -0.05) is 15.9 Å². The van der Waals surface area contributed by atoms with Crippen molar-refractivity contribution in [2.75, 3.05) is 0 Å². The normalized spacial score (nSPS) is 10.9. The highest BCUT2D eigenvalue weighted by Crippen LogP contribution is 2.17. The zero-order chi connectivity index (χ0) is 13.1. The fourth-order valence-corrected chi connectivity index (χ4v) is 1.79. The van der Waals surface area contributed by atoms with Crippen LogP contribution in [0.4, 0.5) is 0 Å². The summed E-state index contributed by atoms with van der Waals surface area (Å²) < 4.78 is 6.14. The van der Waals surface area contributed by atoms with E-state index in [9.17, 15) is 4.79 Å². The fourth-order valence-electron chi connectivity index (χ4n) is 1.37. The number of hydrogen-bond donors (Lipinski definition) is 2. The zero-order valence-electron chi connectivity index (χ0n) is 9.01. The summed E-state index contributed by atoms with van der Waals surface area (Å²) in [6.07, 6.45) is 2.65. The summed E-state index contributed by atoms with van der Waals surface area (Å²) in [7, 11) is 0. The van der Waals surface area contributed by atoms with E-state index in [0.717, 1.165) is 4.47 Å². The fraction of sp³-hybridized carbons (Fsp3) is 0. The molecule has 3 N–H and O–H groups in total.